The summed E-state index contributed by atoms with van der Waals surface area (Å²) >= 11 is 3.22. The molecular formula is C22H18BrN3O4S. The standard InChI is InChI=1S/C22H18BrN3O4S/c23-21-19(13-16-9-6-8-15-7-4-5-12-18(15)16)26(31(29,30)25-22(21)28)14-20(27)24-17-10-2-1-3-11-17/h1-12H,13-14H2,(H,24,27)(H,25,28). The highest BCUT2D eigenvalue weighted by Gasteiger charge is 2.36. The number of halogens is 1. The summed E-state index contributed by atoms with van der Waals surface area (Å²) in [7, 11) is -4.23. The number of benzene rings is 3. The Labute approximate surface area is 188 Å². The molecule has 2 N–H and O–H groups in total. The first kappa shape index (κ1) is 21.1. The van der Waals surface area contributed by atoms with E-state index in [1.54, 1.807) is 24.3 Å². The monoisotopic (exact) mass is 499 g/mol. The van der Waals surface area contributed by atoms with Crippen LogP contribution in [0.5, 0.6) is 0 Å². The largest absolute Gasteiger partial charge is 0.326 e. The summed E-state index contributed by atoms with van der Waals surface area (Å²) in [5.74, 6) is -1.29. The number of nitrogens with one attached hydrogen (secondary N) is 2. The minimum Gasteiger partial charge on any atom is -0.325 e. The lowest BCUT2D eigenvalue weighted by Gasteiger charge is -2.31. The molecular weight excluding hydrogens is 482 g/mol. The lowest BCUT2D eigenvalue weighted by Crippen LogP contribution is -2.50. The number of hydrogen-bond acceptors (Lipinski definition) is 4. The number of nitrogens with zero attached hydrogens (tertiary/aromatic N) is 1. The van der Waals surface area contributed by atoms with Crippen LogP contribution in [0.2, 0.25) is 0 Å². The van der Waals surface area contributed by atoms with E-state index in [1.165, 1.54) is 0 Å². The fraction of sp³-hybridized carbons (Fsp3) is 0.0909. The van der Waals surface area contributed by atoms with E-state index >= 15 is 0 Å². The highest BCUT2D eigenvalue weighted by Crippen LogP contribution is 2.30. The highest BCUT2D eigenvalue weighted by molar-refractivity contribution is 9.12. The molecule has 7 nitrogen and oxygen atoms in total. The lowest BCUT2D eigenvalue weighted by atomic mass is 10.0. The number of carbonyl (C=O) groups excluding carboxylic acids is 2. The zero-order valence-corrected chi connectivity index (χ0v) is 18.6. The van der Waals surface area contributed by atoms with E-state index in [-0.39, 0.29) is 16.6 Å². The molecule has 0 saturated heterocycles. The average Bonchev–Trinajstić information content (AvgIpc) is 2.75. The van der Waals surface area contributed by atoms with Crippen LogP contribution in [-0.4, -0.2) is 31.1 Å². The van der Waals surface area contributed by atoms with Gasteiger partial charge in [0.25, 0.3) is 5.91 Å². The van der Waals surface area contributed by atoms with Crippen molar-refractivity contribution in [2.75, 3.05) is 11.9 Å². The fourth-order valence-electron chi connectivity index (χ4n) is 3.43. The summed E-state index contributed by atoms with van der Waals surface area (Å²) in [5.41, 5.74) is 1.58. The van der Waals surface area contributed by atoms with Crippen LogP contribution in [0.4, 0.5) is 5.69 Å². The summed E-state index contributed by atoms with van der Waals surface area (Å²) in [4.78, 5) is 24.9. The first-order valence-corrected chi connectivity index (χ1v) is 11.6. The Bertz CT molecular complexity index is 1300. The van der Waals surface area contributed by atoms with Crippen molar-refractivity contribution >= 4 is 54.4 Å². The third-order valence-electron chi connectivity index (χ3n) is 4.85. The molecule has 3 aromatic carbocycles. The Hall–Kier alpha value is -3.17. The molecule has 0 aliphatic carbocycles. The molecule has 9 heteroatoms. The van der Waals surface area contributed by atoms with Crippen molar-refractivity contribution in [3.63, 3.8) is 0 Å². The maximum absolute atomic E-state index is 12.7. The van der Waals surface area contributed by atoms with Gasteiger partial charge in [-0.1, -0.05) is 60.7 Å². The number of carbonyl (C=O) groups is 2. The third kappa shape index (κ3) is 4.47. The number of para-hydroxylation sites is 1. The summed E-state index contributed by atoms with van der Waals surface area (Å²) in [6.45, 7) is -0.479. The summed E-state index contributed by atoms with van der Waals surface area (Å²) < 4.78 is 28.5. The van der Waals surface area contributed by atoms with Crippen molar-refractivity contribution < 1.29 is 18.0 Å². The normalized spacial score (nSPS) is 15.6. The number of anilines is 1. The van der Waals surface area contributed by atoms with Gasteiger partial charge in [0.05, 0.1) is 5.70 Å². The Morgan fingerprint density at radius 3 is 2.42 bits per heavy atom. The van der Waals surface area contributed by atoms with Gasteiger partial charge in [0.2, 0.25) is 5.91 Å². The van der Waals surface area contributed by atoms with Gasteiger partial charge in [-0.05, 0) is 44.4 Å². The first-order chi connectivity index (χ1) is 14.8. The average molecular weight is 500 g/mol. The molecule has 0 fully saturated rings. The molecule has 1 aliphatic heterocycles. The molecule has 0 bridgehead atoms. The van der Waals surface area contributed by atoms with Gasteiger partial charge in [0.1, 0.15) is 11.0 Å². The van der Waals surface area contributed by atoms with Gasteiger partial charge in [-0.3, -0.25) is 9.59 Å². The molecule has 0 unspecified atom stereocenters. The van der Waals surface area contributed by atoms with Crippen LogP contribution in [0.15, 0.2) is 83.0 Å². The minimum absolute atomic E-state index is 0.0720. The van der Waals surface area contributed by atoms with Crippen LogP contribution in [0.1, 0.15) is 5.56 Å². The fourth-order valence-corrected chi connectivity index (χ4v) is 5.31. The molecule has 0 saturated carbocycles. The molecule has 3 aromatic rings. The van der Waals surface area contributed by atoms with E-state index in [0.29, 0.717) is 5.69 Å². The highest BCUT2D eigenvalue weighted by atomic mass is 79.9. The van der Waals surface area contributed by atoms with Crippen LogP contribution >= 0.6 is 15.9 Å². The maximum atomic E-state index is 12.7. The van der Waals surface area contributed by atoms with Crippen LogP contribution < -0.4 is 10.0 Å². The first-order valence-electron chi connectivity index (χ1n) is 9.40. The van der Waals surface area contributed by atoms with Gasteiger partial charge in [-0.25, -0.2) is 9.03 Å². The Morgan fingerprint density at radius 2 is 1.65 bits per heavy atom. The van der Waals surface area contributed by atoms with Crippen molar-refractivity contribution in [2.45, 2.75) is 6.42 Å². The predicted molar refractivity (Wildman–Crippen MR) is 122 cm³/mol. The van der Waals surface area contributed by atoms with Gasteiger partial charge in [-0.2, -0.15) is 8.42 Å². The minimum atomic E-state index is -4.23. The predicted octanol–water partition coefficient (Wildman–Crippen LogP) is 3.30. The van der Waals surface area contributed by atoms with Gasteiger partial charge < -0.3 is 5.32 Å². The van der Waals surface area contributed by atoms with Crippen molar-refractivity contribution in [1.29, 1.82) is 0 Å². The van der Waals surface area contributed by atoms with Crippen LogP contribution in [0, 0.1) is 0 Å². The third-order valence-corrected chi connectivity index (χ3v) is 7.04. The maximum Gasteiger partial charge on any atom is 0.326 e. The zero-order chi connectivity index (χ0) is 22.0. The second kappa shape index (κ2) is 8.52. The lowest BCUT2D eigenvalue weighted by molar-refractivity contribution is -0.117. The van der Waals surface area contributed by atoms with Gasteiger partial charge in [-0.15, -0.1) is 0 Å². The van der Waals surface area contributed by atoms with Crippen molar-refractivity contribution in [3.8, 4) is 0 Å². The van der Waals surface area contributed by atoms with Crippen molar-refractivity contribution in [2.24, 2.45) is 0 Å². The van der Waals surface area contributed by atoms with E-state index in [1.807, 2.05) is 53.3 Å². The van der Waals surface area contributed by atoms with Crippen LogP contribution in [-0.2, 0) is 26.2 Å². The van der Waals surface area contributed by atoms with E-state index in [0.717, 1.165) is 20.6 Å². The Balaban J connectivity index is 1.69. The molecule has 0 radical (unpaired) electrons. The smallest absolute Gasteiger partial charge is 0.325 e. The Kier molecular flexibility index (Phi) is 5.79. The van der Waals surface area contributed by atoms with Crippen molar-refractivity contribution in [3.05, 3.63) is 88.5 Å². The molecule has 31 heavy (non-hydrogen) atoms. The van der Waals surface area contributed by atoms with Crippen LogP contribution in [0.25, 0.3) is 10.8 Å². The van der Waals surface area contributed by atoms with E-state index in [9.17, 15) is 18.0 Å². The molecule has 158 valence electrons. The van der Waals surface area contributed by atoms with Gasteiger partial charge in [0, 0.05) is 12.1 Å². The summed E-state index contributed by atoms with van der Waals surface area (Å²) in [5, 5.41) is 4.60. The molecule has 0 atom stereocenters. The SMILES string of the molecule is O=C(CN1C(Cc2cccc3ccccc23)=C(Br)C(=O)NS1(=O)=O)Nc1ccccc1. The van der Waals surface area contributed by atoms with E-state index < -0.39 is 28.6 Å². The topological polar surface area (TPSA) is 95.6 Å². The summed E-state index contributed by atoms with van der Waals surface area (Å²) in [6, 6.07) is 22.1. The zero-order valence-electron chi connectivity index (χ0n) is 16.2. The van der Waals surface area contributed by atoms with E-state index in [2.05, 4.69) is 21.2 Å². The number of fused-ring (bicyclic) bond motifs is 1. The number of allylic oxidation sites excluding steroid dienone is 1. The molecule has 1 heterocycles. The second-order valence-corrected chi connectivity index (χ2v) is 9.32. The summed E-state index contributed by atoms with van der Waals surface area (Å²) in [6.07, 6.45) is 0.146. The number of hydrogen-bond donors (Lipinski definition) is 2. The Morgan fingerprint density at radius 1 is 0.968 bits per heavy atom. The molecule has 2 amide bonds. The van der Waals surface area contributed by atoms with Crippen LogP contribution in [0.3, 0.4) is 0 Å². The molecule has 0 aromatic heterocycles. The van der Waals surface area contributed by atoms with Gasteiger partial charge in [0.15, 0.2) is 0 Å². The second-order valence-electron chi connectivity index (χ2n) is 6.93. The van der Waals surface area contributed by atoms with E-state index in [4.69, 9.17) is 0 Å². The van der Waals surface area contributed by atoms with Gasteiger partial charge >= 0.3 is 10.2 Å². The number of rotatable bonds is 5. The molecule has 1 aliphatic rings. The quantitative estimate of drug-likeness (QED) is 0.562. The molecule has 4 rings (SSSR count). The van der Waals surface area contributed by atoms with Crippen molar-refractivity contribution in [1.82, 2.24) is 9.03 Å². The molecule has 0 spiro atoms. The number of amides is 2.